The minimum atomic E-state index is -0.567. The average Bonchev–Trinajstić information content (AvgIpc) is 2.65. The molecular formula is C26H52O2. The Bertz CT molecular complexity index is 324. The number of rotatable bonds is 22. The van der Waals surface area contributed by atoms with Gasteiger partial charge in [-0.1, -0.05) is 136 Å². The molecule has 28 heavy (non-hydrogen) atoms. The Balaban J connectivity index is 3.45. The molecule has 0 aliphatic carbocycles. The lowest BCUT2D eigenvalue weighted by atomic mass is 9.94. The summed E-state index contributed by atoms with van der Waals surface area (Å²) in [4.78, 5) is 11.5. The quantitative estimate of drug-likeness (QED) is 0.185. The Hall–Kier alpha value is -0.530. The van der Waals surface area contributed by atoms with E-state index in [0.717, 1.165) is 31.6 Å². The second-order valence-corrected chi connectivity index (χ2v) is 9.45. The van der Waals surface area contributed by atoms with Crippen LogP contribution in [0.3, 0.4) is 0 Å². The standard InChI is InChI=1S/C26H52O2/c1-4-5-6-7-8-9-10-11-12-13-16-19-22-25(26(27)28)23-20-17-14-15-18-21-24(2)3/h24-25H,4-23H2,1-3H3,(H,27,28). The lowest BCUT2D eigenvalue weighted by Gasteiger charge is -2.12. The van der Waals surface area contributed by atoms with Crippen LogP contribution >= 0.6 is 0 Å². The van der Waals surface area contributed by atoms with Gasteiger partial charge in [0.15, 0.2) is 0 Å². The number of unbranched alkanes of at least 4 members (excludes halogenated alkanes) is 15. The Morgan fingerprint density at radius 3 is 1.21 bits per heavy atom. The molecule has 168 valence electrons. The summed E-state index contributed by atoms with van der Waals surface area (Å²) in [6.07, 6.45) is 25.4. The minimum absolute atomic E-state index is 0.0983. The van der Waals surface area contributed by atoms with Crippen molar-refractivity contribution < 1.29 is 9.90 Å². The first kappa shape index (κ1) is 27.5. The van der Waals surface area contributed by atoms with Crippen molar-refractivity contribution in [3.05, 3.63) is 0 Å². The lowest BCUT2D eigenvalue weighted by molar-refractivity contribution is -0.142. The topological polar surface area (TPSA) is 37.3 Å². The normalized spacial score (nSPS) is 12.6. The van der Waals surface area contributed by atoms with Gasteiger partial charge in [-0.3, -0.25) is 4.79 Å². The van der Waals surface area contributed by atoms with Crippen LogP contribution in [0.15, 0.2) is 0 Å². The third-order valence-electron chi connectivity index (χ3n) is 6.09. The summed E-state index contributed by atoms with van der Waals surface area (Å²) in [5, 5.41) is 9.45. The van der Waals surface area contributed by atoms with Crippen LogP contribution in [0.4, 0.5) is 0 Å². The summed E-state index contributed by atoms with van der Waals surface area (Å²) in [5.41, 5.74) is 0. The molecular weight excluding hydrogens is 344 g/mol. The van der Waals surface area contributed by atoms with E-state index in [2.05, 4.69) is 20.8 Å². The number of aliphatic carboxylic acids is 1. The second-order valence-electron chi connectivity index (χ2n) is 9.45. The highest BCUT2D eigenvalue weighted by molar-refractivity contribution is 5.69. The van der Waals surface area contributed by atoms with E-state index in [-0.39, 0.29) is 5.92 Å². The summed E-state index contributed by atoms with van der Waals surface area (Å²) in [6, 6.07) is 0. The van der Waals surface area contributed by atoms with Gasteiger partial charge in [0.05, 0.1) is 5.92 Å². The van der Waals surface area contributed by atoms with Gasteiger partial charge in [-0.15, -0.1) is 0 Å². The Labute approximate surface area is 177 Å². The van der Waals surface area contributed by atoms with Crippen LogP contribution in [0.25, 0.3) is 0 Å². The highest BCUT2D eigenvalue weighted by Crippen LogP contribution is 2.20. The molecule has 1 atom stereocenters. The number of carboxylic acids is 1. The molecule has 0 aliphatic rings. The predicted molar refractivity (Wildman–Crippen MR) is 124 cm³/mol. The van der Waals surface area contributed by atoms with Gasteiger partial charge in [0, 0.05) is 0 Å². The fourth-order valence-electron chi connectivity index (χ4n) is 4.10. The van der Waals surface area contributed by atoms with Crippen LogP contribution in [-0.4, -0.2) is 11.1 Å². The molecule has 0 radical (unpaired) electrons. The molecule has 0 fully saturated rings. The first-order valence-electron chi connectivity index (χ1n) is 12.8. The van der Waals surface area contributed by atoms with E-state index < -0.39 is 5.97 Å². The van der Waals surface area contributed by atoms with Crippen molar-refractivity contribution in [2.24, 2.45) is 11.8 Å². The fraction of sp³-hybridized carbons (Fsp3) is 0.962. The first-order chi connectivity index (χ1) is 13.6. The summed E-state index contributed by atoms with van der Waals surface area (Å²) < 4.78 is 0. The number of carboxylic acid groups (broad SMARTS) is 1. The van der Waals surface area contributed by atoms with Crippen LogP contribution < -0.4 is 0 Å². The monoisotopic (exact) mass is 396 g/mol. The van der Waals surface area contributed by atoms with Crippen molar-refractivity contribution in [1.29, 1.82) is 0 Å². The number of hydrogen-bond donors (Lipinski definition) is 1. The molecule has 0 aromatic rings. The Morgan fingerprint density at radius 2 is 0.893 bits per heavy atom. The van der Waals surface area contributed by atoms with E-state index in [1.165, 1.54) is 103 Å². The maximum absolute atomic E-state index is 11.5. The average molecular weight is 397 g/mol. The molecule has 2 nitrogen and oxygen atoms in total. The molecule has 1 unspecified atom stereocenters. The van der Waals surface area contributed by atoms with Crippen molar-refractivity contribution in [2.45, 2.75) is 149 Å². The predicted octanol–water partition coefficient (Wildman–Crippen LogP) is 9.17. The van der Waals surface area contributed by atoms with Crippen molar-refractivity contribution in [3.63, 3.8) is 0 Å². The molecule has 0 heterocycles. The largest absolute Gasteiger partial charge is 0.481 e. The maximum atomic E-state index is 11.5. The van der Waals surface area contributed by atoms with Crippen LogP contribution in [0, 0.1) is 11.8 Å². The van der Waals surface area contributed by atoms with E-state index in [1.54, 1.807) is 0 Å². The summed E-state index contributed by atoms with van der Waals surface area (Å²) in [5.74, 6) is 0.147. The maximum Gasteiger partial charge on any atom is 0.306 e. The van der Waals surface area contributed by atoms with Crippen molar-refractivity contribution in [1.82, 2.24) is 0 Å². The molecule has 0 aromatic heterocycles. The minimum Gasteiger partial charge on any atom is -0.481 e. The van der Waals surface area contributed by atoms with Gasteiger partial charge in [0.25, 0.3) is 0 Å². The van der Waals surface area contributed by atoms with Gasteiger partial charge in [-0.25, -0.2) is 0 Å². The summed E-state index contributed by atoms with van der Waals surface area (Å²) >= 11 is 0. The van der Waals surface area contributed by atoms with Crippen LogP contribution in [-0.2, 0) is 4.79 Å². The zero-order valence-corrected chi connectivity index (χ0v) is 19.7. The Morgan fingerprint density at radius 1 is 0.571 bits per heavy atom. The van der Waals surface area contributed by atoms with E-state index in [4.69, 9.17) is 0 Å². The summed E-state index contributed by atoms with van der Waals surface area (Å²) in [7, 11) is 0. The highest BCUT2D eigenvalue weighted by Gasteiger charge is 2.16. The van der Waals surface area contributed by atoms with Crippen molar-refractivity contribution in [2.75, 3.05) is 0 Å². The van der Waals surface area contributed by atoms with E-state index in [9.17, 15) is 9.90 Å². The fourth-order valence-corrected chi connectivity index (χ4v) is 4.10. The van der Waals surface area contributed by atoms with E-state index in [0.29, 0.717) is 0 Å². The molecule has 0 amide bonds. The highest BCUT2D eigenvalue weighted by atomic mass is 16.4. The van der Waals surface area contributed by atoms with Crippen molar-refractivity contribution >= 4 is 5.97 Å². The molecule has 0 spiro atoms. The number of carbonyl (C=O) groups is 1. The molecule has 0 aliphatic heterocycles. The van der Waals surface area contributed by atoms with E-state index >= 15 is 0 Å². The molecule has 1 N–H and O–H groups in total. The zero-order chi connectivity index (χ0) is 20.9. The number of hydrogen-bond acceptors (Lipinski definition) is 1. The SMILES string of the molecule is CCCCCCCCCCCCCCC(CCCCCCCC(C)C)C(=O)O. The Kier molecular flexibility index (Phi) is 20.8. The molecule has 0 saturated carbocycles. The summed E-state index contributed by atoms with van der Waals surface area (Å²) in [6.45, 7) is 6.84. The van der Waals surface area contributed by atoms with Gasteiger partial charge in [0.2, 0.25) is 0 Å². The third kappa shape index (κ3) is 20.2. The van der Waals surface area contributed by atoms with Crippen molar-refractivity contribution in [3.8, 4) is 0 Å². The van der Waals surface area contributed by atoms with E-state index in [1.807, 2.05) is 0 Å². The van der Waals surface area contributed by atoms with Gasteiger partial charge < -0.3 is 5.11 Å². The second kappa shape index (κ2) is 21.2. The lowest BCUT2D eigenvalue weighted by Crippen LogP contribution is -2.13. The molecule has 0 saturated heterocycles. The van der Waals surface area contributed by atoms with Gasteiger partial charge in [0.1, 0.15) is 0 Å². The molecule has 2 heteroatoms. The van der Waals surface area contributed by atoms with Gasteiger partial charge >= 0.3 is 5.97 Å². The van der Waals surface area contributed by atoms with Crippen LogP contribution in [0.2, 0.25) is 0 Å². The van der Waals surface area contributed by atoms with Crippen LogP contribution in [0.1, 0.15) is 149 Å². The van der Waals surface area contributed by atoms with Gasteiger partial charge in [-0.05, 0) is 18.8 Å². The smallest absolute Gasteiger partial charge is 0.306 e. The zero-order valence-electron chi connectivity index (χ0n) is 19.7. The molecule has 0 aromatic carbocycles. The molecule has 0 bridgehead atoms. The first-order valence-corrected chi connectivity index (χ1v) is 12.8. The van der Waals surface area contributed by atoms with Gasteiger partial charge in [-0.2, -0.15) is 0 Å². The molecule has 0 rings (SSSR count). The van der Waals surface area contributed by atoms with Crippen LogP contribution in [0.5, 0.6) is 0 Å². The third-order valence-corrected chi connectivity index (χ3v) is 6.09.